The van der Waals surface area contributed by atoms with Crippen LogP contribution in [0.5, 0.6) is 0 Å². The van der Waals surface area contributed by atoms with Crippen molar-refractivity contribution >= 4 is 0 Å². The summed E-state index contributed by atoms with van der Waals surface area (Å²) >= 11 is 0. The van der Waals surface area contributed by atoms with Gasteiger partial charge >= 0.3 is 0 Å². The maximum absolute atomic E-state index is 13.5. The number of benzene rings is 1. The number of hydrogen-bond acceptors (Lipinski definition) is 1. The molecule has 0 spiro atoms. The minimum absolute atomic E-state index is 0.104. The Hall–Kier alpha value is -0.960. The van der Waals surface area contributed by atoms with E-state index in [2.05, 4.69) is 5.32 Å². The molecule has 0 aromatic heterocycles. The molecule has 14 heavy (non-hydrogen) atoms. The van der Waals surface area contributed by atoms with Crippen molar-refractivity contribution in [3.8, 4) is 0 Å². The van der Waals surface area contributed by atoms with Gasteiger partial charge in [0, 0.05) is 18.5 Å². The molecular weight excluding hydrogens is 184 g/mol. The Labute approximate surface area is 83.1 Å². The summed E-state index contributed by atoms with van der Waals surface area (Å²) in [5, 5.41) is 2.73. The lowest BCUT2D eigenvalue weighted by molar-refractivity contribution is -0.0124. The molecule has 1 aromatic rings. The molecule has 0 atom stereocenters. The van der Waals surface area contributed by atoms with Gasteiger partial charge in [-0.2, -0.15) is 0 Å². The highest BCUT2D eigenvalue weighted by Crippen LogP contribution is 2.31. The topological polar surface area (TPSA) is 12.0 Å². The first-order valence-corrected chi connectivity index (χ1v) is 4.66. The lowest BCUT2D eigenvalue weighted by Gasteiger charge is -2.16. The van der Waals surface area contributed by atoms with Gasteiger partial charge in [-0.15, -0.1) is 0 Å². The fraction of sp³-hybridized carbons (Fsp3) is 0.455. The van der Waals surface area contributed by atoms with Crippen LogP contribution in [-0.2, 0) is 5.92 Å². The van der Waals surface area contributed by atoms with Gasteiger partial charge in [0.05, 0.1) is 0 Å². The summed E-state index contributed by atoms with van der Waals surface area (Å²) < 4.78 is 27.0. The molecule has 0 aliphatic carbocycles. The SMILES string of the molecule is CNCCC(F)(F)c1cccc(C)c1. The molecular formula is C11H15F2N. The number of hydrogen-bond donors (Lipinski definition) is 1. The standard InChI is InChI=1S/C11H15F2N/c1-9-4-3-5-10(8-9)11(12,13)6-7-14-2/h3-5,8,14H,6-7H2,1-2H3. The van der Waals surface area contributed by atoms with E-state index in [1.54, 1.807) is 13.1 Å². The average Bonchev–Trinajstić information content (AvgIpc) is 2.15. The fourth-order valence-electron chi connectivity index (χ4n) is 1.30. The summed E-state index contributed by atoms with van der Waals surface area (Å²) in [6.07, 6.45) is -0.160. The second kappa shape index (κ2) is 4.51. The van der Waals surface area contributed by atoms with E-state index < -0.39 is 5.92 Å². The van der Waals surface area contributed by atoms with Crippen molar-refractivity contribution in [2.75, 3.05) is 13.6 Å². The zero-order valence-corrected chi connectivity index (χ0v) is 8.48. The molecule has 0 fully saturated rings. The molecule has 0 aliphatic rings. The first kappa shape index (κ1) is 11.1. The molecule has 78 valence electrons. The monoisotopic (exact) mass is 199 g/mol. The third kappa shape index (κ3) is 2.77. The van der Waals surface area contributed by atoms with Gasteiger partial charge < -0.3 is 5.32 Å². The predicted octanol–water partition coefficient (Wildman–Crippen LogP) is 2.70. The molecule has 1 N–H and O–H groups in total. The van der Waals surface area contributed by atoms with Crippen molar-refractivity contribution in [2.45, 2.75) is 19.3 Å². The zero-order chi connectivity index (χ0) is 10.6. The Morgan fingerprint density at radius 1 is 1.36 bits per heavy atom. The number of halogens is 2. The van der Waals surface area contributed by atoms with Gasteiger partial charge in [0.15, 0.2) is 0 Å². The Kier molecular flexibility index (Phi) is 3.58. The maximum Gasteiger partial charge on any atom is 0.274 e. The van der Waals surface area contributed by atoms with Crippen LogP contribution in [0.3, 0.4) is 0 Å². The molecule has 1 rings (SSSR count). The van der Waals surface area contributed by atoms with Crippen LogP contribution in [-0.4, -0.2) is 13.6 Å². The second-order valence-corrected chi connectivity index (χ2v) is 3.43. The molecule has 0 aliphatic heterocycles. The van der Waals surface area contributed by atoms with Crippen molar-refractivity contribution in [1.29, 1.82) is 0 Å². The quantitative estimate of drug-likeness (QED) is 0.786. The Bertz CT molecular complexity index is 297. The van der Waals surface area contributed by atoms with Crippen LogP contribution in [0.4, 0.5) is 8.78 Å². The van der Waals surface area contributed by atoms with Crippen molar-refractivity contribution in [1.82, 2.24) is 5.32 Å². The van der Waals surface area contributed by atoms with Crippen LogP contribution in [0.15, 0.2) is 24.3 Å². The van der Waals surface area contributed by atoms with Gasteiger partial charge in [-0.1, -0.05) is 29.8 Å². The molecule has 0 radical (unpaired) electrons. The van der Waals surface area contributed by atoms with E-state index in [0.717, 1.165) is 5.56 Å². The van der Waals surface area contributed by atoms with Gasteiger partial charge in [0.2, 0.25) is 0 Å². The van der Waals surface area contributed by atoms with Gasteiger partial charge in [-0.3, -0.25) is 0 Å². The molecule has 0 saturated carbocycles. The summed E-state index contributed by atoms with van der Waals surface area (Å²) in [4.78, 5) is 0. The third-order valence-electron chi connectivity index (χ3n) is 2.13. The van der Waals surface area contributed by atoms with Gasteiger partial charge in [-0.05, 0) is 14.0 Å². The zero-order valence-electron chi connectivity index (χ0n) is 8.48. The summed E-state index contributed by atoms with van der Waals surface area (Å²) in [7, 11) is 1.67. The van der Waals surface area contributed by atoms with Gasteiger partial charge in [0.25, 0.3) is 5.92 Å². The summed E-state index contributed by atoms with van der Waals surface area (Å²) in [6, 6.07) is 6.49. The molecule has 0 unspecified atom stereocenters. The highest BCUT2D eigenvalue weighted by Gasteiger charge is 2.30. The molecule has 3 heteroatoms. The van der Waals surface area contributed by atoms with E-state index in [-0.39, 0.29) is 12.0 Å². The second-order valence-electron chi connectivity index (χ2n) is 3.43. The largest absolute Gasteiger partial charge is 0.320 e. The van der Waals surface area contributed by atoms with Crippen LogP contribution < -0.4 is 5.32 Å². The first-order chi connectivity index (χ1) is 6.56. The molecule has 0 amide bonds. The molecule has 0 heterocycles. The normalized spacial score (nSPS) is 11.7. The lowest BCUT2D eigenvalue weighted by atomic mass is 10.0. The molecule has 1 nitrogen and oxygen atoms in total. The minimum Gasteiger partial charge on any atom is -0.320 e. The average molecular weight is 199 g/mol. The van der Waals surface area contributed by atoms with Crippen LogP contribution >= 0.6 is 0 Å². The van der Waals surface area contributed by atoms with Crippen molar-refractivity contribution < 1.29 is 8.78 Å². The minimum atomic E-state index is -2.73. The van der Waals surface area contributed by atoms with E-state index in [4.69, 9.17) is 0 Å². The molecule has 0 bridgehead atoms. The van der Waals surface area contributed by atoms with Crippen LogP contribution in [0, 0.1) is 6.92 Å². The van der Waals surface area contributed by atoms with E-state index in [1.807, 2.05) is 13.0 Å². The molecule has 0 saturated heterocycles. The van der Waals surface area contributed by atoms with E-state index in [9.17, 15) is 8.78 Å². The van der Waals surface area contributed by atoms with Crippen LogP contribution in [0.25, 0.3) is 0 Å². The molecule has 1 aromatic carbocycles. The predicted molar refractivity (Wildman–Crippen MR) is 53.6 cm³/mol. The van der Waals surface area contributed by atoms with E-state index in [0.29, 0.717) is 6.54 Å². The summed E-state index contributed by atoms with van der Waals surface area (Å²) in [5.74, 6) is -2.73. The Morgan fingerprint density at radius 2 is 2.07 bits per heavy atom. The number of nitrogens with one attached hydrogen (secondary N) is 1. The Balaban J connectivity index is 2.80. The van der Waals surface area contributed by atoms with Crippen molar-refractivity contribution in [3.63, 3.8) is 0 Å². The smallest absolute Gasteiger partial charge is 0.274 e. The third-order valence-corrected chi connectivity index (χ3v) is 2.13. The fourth-order valence-corrected chi connectivity index (χ4v) is 1.30. The van der Waals surface area contributed by atoms with E-state index in [1.165, 1.54) is 12.1 Å². The summed E-state index contributed by atoms with van der Waals surface area (Å²) in [5.41, 5.74) is 0.972. The summed E-state index contributed by atoms with van der Waals surface area (Å²) in [6.45, 7) is 2.14. The highest BCUT2D eigenvalue weighted by molar-refractivity contribution is 5.25. The number of rotatable bonds is 4. The number of aryl methyl sites for hydroxylation is 1. The van der Waals surface area contributed by atoms with E-state index >= 15 is 0 Å². The number of alkyl halides is 2. The Morgan fingerprint density at radius 3 is 2.64 bits per heavy atom. The van der Waals surface area contributed by atoms with Crippen molar-refractivity contribution in [2.24, 2.45) is 0 Å². The van der Waals surface area contributed by atoms with Gasteiger partial charge in [-0.25, -0.2) is 8.78 Å². The lowest BCUT2D eigenvalue weighted by Crippen LogP contribution is -2.20. The highest BCUT2D eigenvalue weighted by atomic mass is 19.3. The maximum atomic E-state index is 13.5. The van der Waals surface area contributed by atoms with Crippen LogP contribution in [0.2, 0.25) is 0 Å². The van der Waals surface area contributed by atoms with Gasteiger partial charge in [0.1, 0.15) is 0 Å². The van der Waals surface area contributed by atoms with Crippen molar-refractivity contribution in [3.05, 3.63) is 35.4 Å². The first-order valence-electron chi connectivity index (χ1n) is 4.66. The van der Waals surface area contributed by atoms with Crippen LogP contribution in [0.1, 0.15) is 17.5 Å².